The summed E-state index contributed by atoms with van der Waals surface area (Å²) >= 11 is 0. The molecule has 2 aliphatic carbocycles. The summed E-state index contributed by atoms with van der Waals surface area (Å²) in [4.78, 5) is 0. The normalized spacial score (nSPS) is 16.2. The van der Waals surface area contributed by atoms with Gasteiger partial charge in [-0.1, -0.05) is 48.0 Å². The molecule has 2 aromatic rings. The Kier molecular flexibility index (Phi) is 2.38. The van der Waals surface area contributed by atoms with Crippen LogP contribution < -0.4 is 10.4 Å². The van der Waals surface area contributed by atoms with Gasteiger partial charge in [-0.3, -0.25) is 0 Å². The van der Waals surface area contributed by atoms with Crippen molar-refractivity contribution in [1.29, 1.82) is 0 Å². The molecule has 0 unspecified atom stereocenters. The molecule has 2 aromatic carbocycles. The Morgan fingerprint density at radius 2 is 1.63 bits per heavy atom. The molecule has 2 aliphatic rings. The lowest BCUT2D eigenvalue weighted by molar-refractivity contribution is 0.805. The zero-order chi connectivity index (χ0) is 12.8. The molecule has 0 saturated heterocycles. The second kappa shape index (κ2) is 4.09. The first kappa shape index (κ1) is 11.0. The maximum atomic E-state index is 2.39. The van der Waals surface area contributed by atoms with Gasteiger partial charge in [0.25, 0.3) is 0 Å². The summed E-state index contributed by atoms with van der Waals surface area (Å²) in [5.74, 6) is 0. The molecule has 0 radical (unpaired) electrons. The number of hydrogen-bond acceptors (Lipinski definition) is 0. The molecule has 0 saturated carbocycles. The summed E-state index contributed by atoms with van der Waals surface area (Å²) in [6.07, 6.45) is 7.33. The second-order valence-electron chi connectivity index (χ2n) is 5.75. The fraction of sp³-hybridized carbons (Fsp3) is 0.263. The minimum atomic E-state index is 1.10. The van der Waals surface area contributed by atoms with Crippen LogP contribution in [-0.4, -0.2) is 0 Å². The molecule has 0 N–H and O–H groups in total. The molecular weight excluding hydrogens is 228 g/mol. The van der Waals surface area contributed by atoms with Crippen LogP contribution in [0.1, 0.15) is 30.9 Å². The van der Waals surface area contributed by atoms with Crippen molar-refractivity contribution in [3.05, 3.63) is 68.4 Å². The highest BCUT2D eigenvalue weighted by atomic mass is 14.2. The van der Waals surface area contributed by atoms with E-state index in [0.29, 0.717) is 0 Å². The number of rotatable bonds is 0. The third-order valence-electron chi connectivity index (χ3n) is 4.65. The van der Waals surface area contributed by atoms with Crippen LogP contribution in [0.2, 0.25) is 0 Å². The standard InChI is InChI=1S/C19H18/c1-13-5-4-8-17-15(13)11-12-18-16-7-3-2-6-14(16)9-10-19(17)18/h2-3,6-7,9,11-12H,4-5,8,10H2,1H3. The summed E-state index contributed by atoms with van der Waals surface area (Å²) in [5.41, 5.74) is 4.77. The Bertz CT molecular complexity index is 869. The Morgan fingerprint density at radius 3 is 2.58 bits per heavy atom. The summed E-state index contributed by atoms with van der Waals surface area (Å²) < 4.78 is 0. The third kappa shape index (κ3) is 1.59. The van der Waals surface area contributed by atoms with E-state index >= 15 is 0 Å². The predicted molar refractivity (Wildman–Crippen MR) is 80.0 cm³/mol. The molecule has 4 rings (SSSR count). The van der Waals surface area contributed by atoms with E-state index in [1.807, 2.05) is 0 Å². The van der Waals surface area contributed by atoms with Gasteiger partial charge >= 0.3 is 0 Å². The fourth-order valence-electron chi connectivity index (χ4n) is 3.66. The van der Waals surface area contributed by atoms with Gasteiger partial charge in [-0.25, -0.2) is 0 Å². The van der Waals surface area contributed by atoms with E-state index in [2.05, 4.69) is 49.4 Å². The van der Waals surface area contributed by atoms with Gasteiger partial charge in [0.15, 0.2) is 0 Å². The first-order valence-electron chi connectivity index (χ1n) is 7.25. The smallest absolute Gasteiger partial charge is 0.00791 e. The lowest BCUT2D eigenvalue weighted by atomic mass is 9.86. The van der Waals surface area contributed by atoms with Crippen molar-refractivity contribution in [2.45, 2.75) is 32.6 Å². The van der Waals surface area contributed by atoms with Gasteiger partial charge in [0.1, 0.15) is 0 Å². The molecule has 0 aromatic heterocycles. The van der Waals surface area contributed by atoms with Crippen LogP contribution in [0.5, 0.6) is 0 Å². The summed E-state index contributed by atoms with van der Waals surface area (Å²) in [5, 5.41) is 5.80. The van der Waals surface area contributed by atoms with Crippen LogP contribution in [0, 0.1) is 10.4 Å². The average Bonchev–Trinajstić information content (AvgIpc) is 2.47. The van der Waals surface area contributed by atoms with Crippen LogP contribution >= 0.6 is 0 Å². The lowest BCUT2D eigenvalue weighted by Gasteiger charge is -2.18. The van der Waals surface area contributed by atoms with Gasteiger partial charge < -0.3 is 0 Å². The average molecular weight is 246 g/mol. The van der Waals surface area contributed by atoms with Crippen LogP contribution in [0.4, 0.5) is 0 Å². The first-order chi connectivity index (χ1) is 9.34. The van der Waals surface area contributed by atoms with Gasteiger partial charge in [0, 0.05) is 0 Å². The van der Waals surface area contributed by atoms with E-state index in [4.69, 9.17) is 0 Å². The molecule has 0 amide bonds. The van der Waals surface area contributed by atoms with Crippen molar-refractivity contribution in [3.63, 3.8) is 0 Å². The maximum absolute atomic E-state index is 2.39. The van der Waals surface area contributed by atoms with E-state index < -0.39 is 0 Å². The molecule has 0 heteroatoms. The zero-order valence-corrected chi connectivity index (χ0v) is 11.4. The molecule has 0 spiro atoms. The van der Waals surface area contributed by atoms with E-state index in [-0.39, 0.29) is 0 Å². The molecule has 0 aliphatic heterocycles. The molecule has 0 atom stereocenters. The summed E-state index contributed by atoms with van der Waals surface area (Å²) in [6.45, 7) is 2.30. The SMILES string of the molecule is CC1=c2ccc3c(c2CCC1)CC=c1ccccc1=3. The number of benzene rings is 2. The predicted octanol–water partition coefficient (Wildman–Crippen LogP) is 2.82. The molecule has 0 heterocycles. The van der Waals surface area contributed by atoms with E-state index in [9.17, 15) is 0 Å². The minimum Gasteiger partial charge on any atom is -0.0722 e. The molecule has 94 valence electrons. The second-order valence-corrected chi connectivity index (χ2v) is 5.75. The highest BCUT2D eigenvalue weighted by molar-refractivity contribution is 5.52. The van der Waals surface area contributed by atoms with Gasteiger partial charge in [0.05, 0.1) is 0 Å². The van der Waals surface area contributed by atoms with Crippen molar-refractivity contribution >= 4 is 11.6 Å². The Hall–Kier alpha value is -1.82. The van der Waals surface area contributed by atoms with Gasteiger partial charge in [-0.2, -0.15) is 0 Å². The van der Waals surface area contributed by atoms with Gasteiger partial charge in [-0.05, 0) is 64.6 Å². The van der Waals surface area contributed by atoms with Crippen molar-refractivity contribution in [1.82, 2.24) is 0 Å². The van der Waals surface area contributed by atoms with Crippen LogP contribution in [0.25, 0.3) is 11.6 Å². The largest absolute Gasteiger partial charge is 0.0722 e. The third-order valence-corrected chi connectivity index (χ3v) is 4.65. The lowest BCUT2D eigenvalue weighted by Crippen LogP contribution is -2.21. The summed E-state index contributed by atoms with van der Waals surface area (Å²) in [6, 6.07) is 13.5. The van der Waals surface area contributed by atoms with Crippen molar-refractivity contribution < 1.29 is 0 Å². The molecular formula is C19H18. The highest BCUT2D eigenvalue weighted by Gasteiger charge is 2.13. The van der Waals surface area contributed by atoms with E-state index in [0.717, 1.165) is 6.42 Å². The zero-order valence-electron chi connectivity index (χ0n) is 11.4. The maximum Gasteiger partial charge on any atom is -0.00791 e. The quantitative estimate of drug-likeness (QED) is 0.670. The topological polar surface area (TPSA) is 0 Å². The minimum absolute atomic E-state index is 1.10. The Morgan fingerprint density at radius 1 is 0.789 bits per heavy atom. The number of fused-ring (bicyclic) bond motifs is 4. The monoisotopic (exact) mass is 246 g/mol. The number of hydrogen-bond donors (Lipinski definition) is 0. The molecule has 19 heavy (non-hydrogen) atoms. The van der Waals surface area contributed by atoms with Gasteiger partial charge in [0.2, 0.25) is 0 Å². The van der Waals surface area contributed by atoms with Crippen LogP contribution in [-0.2, 0) is 12.8 Å². The first-order valence-corrected chi connectivity index (χ1v) is 7.25. The highest BCUT2D eigenvalue weighted by Crippen LogP contribution is 2.20. The van der Waals surface area contributed by atoms with E-state index in [1.54, 1.807) is 16.7 Å². The van der Waals surface area contributed by atoms with Crippen molar-refractivity contribution in [3.8, 4) is 0 Å². The van der Waals surface area contributed by atoms with Crippen molar-refractivity contribution in [2.75, 3.05) is 0 Å². The Balaban J connectivity index is 2.24. The van der Waals surface area contributed by atoms with Gasteiger partial charge in [-0.15, -0.1) is 0 Å². The van der Waals surface area contributed by atoms with Crippen LogP contribution in [0.15, 0.2) is 36.4 Å². The van der Waals surface area contributed by atoms with Crippen LogP contribution in [0.3, 0.4) is 0 Å². The molecule has 0 bridgehead atoms. The Labute approximate surface area is 113 Å². The van der Waals surface area contributed by atoms with E-state index in [1.165, 1.54) is 40.1 Å². The molecule has 0 nitrogen and oxygen atoms in total. The summed E-state index contributed by atoms with van der Waals surface area (Å²) in [7, 11) is 0. The van der Waals surface area contributed by atoms with Crippen molar-refractivity contribution in [2.24, 2.45) is 0 Å². The fourth-order valence-corrected chi connectivity index (χ4v) is 3.66. The molecule has 0 fully saturated rings.